The third-order valence-corrected chi connectivity index (χ3v) is 5.45. The Hall–Kier alpha value is -0.810. The standard InChI is InChI=1S/C16H15Cl2NOS2/c1-21-12-7-5-11(6-8-12)9-22-10-15(20)19-14-4-2-3-13(17)16(14)18/h2-8H,9-10H2,1H3,(H,19,20). The van der Waals surface area contributed by atoms with Crippen LogP contribution in [0.15, 0.2) is 47.4 Å². The summed E-state index contributed by atoms with van der Waals surface area (Å²) in [6, 6.07) is 13.5. The van der Waals surface area contributed by atoms with Crippen LogP contribution in [-0.4, -0.2) is 17.9 Å². The first-order valence-electron chi connectivity index (χ1n) is 6.54. The van der Waals surface area contributed by atoms with Crippen LogP contribution in [0.25, 0.3) is 0 Å². The summed E-state index contributed by atoms with van der Waals surface area (Å²) < 4.78 is 0. The first-order valence-corrected chi connectivity index (χ1v) is 9.68. The predicted molar refractivity (Wildman–Crippen MR) is 99.5 cm³/mol. The van der Waals surface area contributed by atoms with Gasteiger partial charge in [-0.25, -0.2) is 0 Å². The van der Waals surface area contributed by atoms with Gasteiger partial charge in [-0.15, -0.1) is 23.5 Å². The Bertz CT molecular complexity index is 647. The van der Waals surface area contributed by atoms with Gasteiger partial charge in [0.15, 0.2) is 0 Å². The average molecular weight is 372 g/mol. The second-order valence-corrected chi connectivity index (χ2v) is 7.14. The molecule has 2 aromatic carbocycles. The number of halogens is 2. The van der Waals surface area contributed by atoms with Crippen molar-refractivity contribution in [2.45, 2.75) is 10.6 Å². The highest BCUT2D eigenvalue weighted by atomic mass is 35.5. The highest BCUT2D eigenvalue weighted by Gasteiger charge is 2.08. The second-order valence-electron chi connectivity index (χ2n) is 4.49. The molecule has 2 rings (SSSR count). The van der Waals surface area contributed by atoms with Gasteiger partial charge in [-0.05, 0) is 36.1 Å². The fraction of sp³-hybridized carbons (Fsp3) is 0.188. The maximum atomic E-state index is 11.9. The second kappa shape index (κ2) is 8.73. The van der Waals surface area contributed by atoms with Gasteiger partial charge in [-0.2, -0.15) is 0 Å². The van der Waals surface area contributed by atoms with Crippen molar-refractivity contribution in [3.05, 3.63) is 58.1 Å². The maximum Gasteiger partial charge on any atom is 0.234 e. The Kier molecular flexibility index (Phi) is 6.96. The molecule has 0 aliphatic carbocycles. The van der Waals surface area contributed by atoms with E-state index >= 15 is 0 Å². The summed E-state index contributed by atoms with van der Waals surface area (Å²) in [5, 5.41) is 3.58. The summed E-state index contributed by atoms with van der Waals surface area (Å²) in [6.45, 7) is 0. The molecule has 1 N–H and O–H groups in total. The molecule has 22 heavy (non-hydrogen) atoms. The number of amides is 1. The summed E-state index contributed by atoms with van der Waals surface area (Å²) in [5.41, 5.74) is 1.75. The van der Waals surface area contributed by atoms with Crippen LogP contribution in [-0.2, 0) is 10.5 Å². The van der Waals surface area contributed by atoms with E-state index in [1.54, 1.807) is 41.7 Å². The van der Waals surface area contributed by atoms with E-state index in [9.17, 15) is 4.79 Å². The molecular formula is C16H15Cl2NOS2. The maximum absolute atomic E-state index is 11.9. The largest absolute Gasteiger partial charge is 0.324 e. The van der Waals surface area contributed by atoms with Crippen molar-refractivity contribution in [1.82, 2.24) is 0 Å². The molecule has 0 radical (unpaired) electrons. The fourth-order valence-electron chi connectivity index (χ4n) is 1.77. The summed E-state index contributed by atoms with van der Waals surface area (Å²) in [7, 11) is 0. The molecule has 2 aromatic rings. The van der Waals surface area contributed by atoms with Gasteiger partial charge in [0.1, 0.15) is 0 Å². The lowest BCUT2D eigenvalue weighted by molar-refractivity contribution is -0.113. The van der Waals surface area contributed by atoms with E-state index < -0.39 is 0 Å². The molecule has 0 fully saturated rings. The van der Waals surface area contributed by atoms with E-state index in [0.29, 0.717) is 21.5 Å². The van der Waals surface area contributed by atoms with E-state index in [1.165, 1.54) is 10.5 Å². The van der Waals surface area contributed by atoms with Crippen molar-refractivity contribution in [3.63, 3.8) is 0 Å². The molecule has 0 aromatic heterocycles. The number of nitrogens with one attached hydrogen (secondary N) is 1. The van der Waals surface area contributed by atoms with Gasteiger partial charge < -0.3 is 5.32 Å². The molecule has 0 aliphatic rings. The summed E-state index contributed by atoms with van der Waals surface area (Å²) in [6.07, 6.45) is 2.05. The molecule has 1 amide bonds. The average Bonchev–Trinajstić information content (AvgIpc) is 2.52. The van der Waals surface area contributed by atoms with Gasteiger partial charge in [0.25, 0.3) is 0 Å². The summed E-state index contributed by atoms with van der Waals surface area (Å²) >= 11 is 15.2. The number of carbonyl (C=O) groups is 1. The zero-order chi connectivity index (χ0) is 15.9. The smallest absolute Gasteiger partial charge is 0.234 e. The summed E-state index contributed by atoms with van der Waals surface area (Å²) in [5.74, 6) is 1.08. The van der Waals surface area contributed by atoms with Crippen molar-refractivity contribution in [2.75, 3.05) is 17.3 Å². The van der Waals surface area contributed by atoms with Gasteiger partial charge >= 0.3 is 0 Å². The molecule has 0 atom stereocenters. The molecular weight excluding hydrogens is 357 g/mol. The monoisotopic (exact) mass is 371 g/mol. The molecule has 6 heteroatoms. The van der Waals surface area contributed by atoms with E-state index in [0.717, 1.165) is 5.75 Å². The first kappa shape index (κ1) is 17.5. The lowest BCUT2D eigenvalue weighted by Crippen LogP contribution is -2.14. The van der Waals surface area contributed by atoms with Crippen LogP contribution in [0.1, 0.15) is 5.56 Å². The Balaban J connectivity index is 1.81. The molecule has 0 heterocycles. The first-order chi connectivity index (χ1) is 10.6. The zero-order valence-corrected chi connectivity index (χ0v) is 15.1. The number of hydrogen-bond donors (Lipinski definition) is 1. The van der Waals surface area contributed by atoms with Crippen molar-refractivity contribution >= 4 is 58.3 Å². The van der Waals surface area contributed by atoms with Crippen LogP contribution in [0, 0.1) is 0 Å². The lowest BCUT2D eigenvalue weighted by atomic mass is 10.2. The third-order valence-electron chi connectivity index (χ3n) is 2.89. The fourth-order valence-corrected chi connectivity index (χ4v) is 3.31. The minimum absolute atomic E-state index is 0.0881. The van der Waals surface area contributed by atoms with Crippen LogP contribution in [0.2, 0.25) is 10.0 Å². The van der Waals surface area contributed by atoms with Crippen molar-refractivity contribution in [2.24, 2.45) is 0 Å². The number of hydrogen-bond acceptors (Lipinski definition) is 3. The van der Waals surface area contributed by atoms with Gasteiger partial charge in [0, 0.05) is 10.6 Å². The SMILES string of the molecule is CSc1ccc(CSCC(=O)Nc2cccc(Cl)c2Cl)cc1. The highest BCUT2D eigenvalue weighted by Crippen LogP contribution is 2.29. The van der Waals surface area contributed by atoms with Crippen LogP contribution in [0.3, 0.4) is 0 Å². The topological polar surface area (TPSA) is 29.1 Å². The molecule has 0 bridgehead atoms. The Morgan fingerprint density at radius 2 is 1.86 bits per heavy atom. The van der Waals surface area contributed by atoms with Gasteiger partial charge in [0.05, 0.1) is 21.5 Å². The molecule has 0 saturated heterocycles. The number of thioether (sulfide) groups is 2. The van der Waals surface area contributed by atoms with Crippen LogP contribution in [0.5, 0.6) is 0 Å². The van der Waals surface area contributed by atoms with Crippen molar-refractivity contribution in [1.29, 1.82) is 0 Å². The van der Waals surface area contributed by atoms with Crippen molar-refractivity contribution < 1.29 is 4.79 Å². The minimum Gasteiger partial charge on any atom is -0.324 e. The number of carbonyl (C=O) groups excluding carboxylic acids is 1. The Morgan fingerprint density at radius 3 is 2.55 bits per heavy atom. The number of benzene rings is 2. The van der Waals surface area contributed by atoms with Gasteiger partial charge in [-0.1, -0.05) is 41.4 Å². The molecule has 2 nitrogen and oxygen atoms in total. The van der Waals surface area contributed by atoms with E-state index in [4.69, 9.17) is 23.2 Å². The molecule has 116 valence electrons. The Morgan fingerprint density at radius 1 is 1.14 bits per heavy atom. The van der Waals surface area contributed by atoms with Crippen LogP contribution < -0.4 is 5.32 Å². The van der Waals surface area contributed by atoms with Crippen LogP contribution >= 0.6 is 46.7 Å². The quantitative estimate of drug-likeness (QED) is 0.671. The number of rotatable bonds is 6. The highest BCUT2D eigenvalue weighted by molar-refractivity contribution is 7.99. The van der Waals surface area contributed by atoms with Gasteiger partial charge in [0.2, 0.25) is 5.91 Å². The molecule has 0 saturated carbocycles. The predicted octanol–water partition coefficient (Wildman–Crippen LogP) is 5.59. The number of anilines is 1. The lowest BCUT2D eigenvalue weighted by Gasteiger charge is -2.08. The minimum atomic E-state index is -0.0881. The molecule has 0 spiro atoms. The van der Waals surface area contributed by atoms with E-state index in [2.05, 4.69) is 35.8 Å². The molecule has 0 aliphatic heterocycles. The van der Waals surface area contributed by atoms with E-state index in [-0.39, 0.29) is 5.91 Å². The third kappa shape index (κ3) is 5.13. The zero-order valence-electron chi connectivity index (χ0n) is 11.9. The normalized spacial score (nSPS) is 10.5. The summed E-state index contributed by atoms with van der Waals surface area (Å²) in [4.78, 5) is 13.2. The van der Waals surface area contributed by atoms with Crippen LogP contribution in [0.4, 0.5) is 5.69 Å². The van der Waals surface area contributed by atoms with Crippen molar-refractivity contribution in [3.8, 4) is 0 Å². The van der Waals surface area contributed by atoms with E-state index in [1.807, 2.05) is 0 Å². The van der Waals surface area contributed by atoms with Gasteiger partial charge in [-0.3, -0.25) is 4.79 Å². The molecule has 0 unspecified atom stereocenters. The Labute approximate surface area is 149 Å².